The molecule has 0 fully saturated rings. The van der Waals surface area contributed by atoms with Crippen LogP contribution < -0.4 is 24.3 Å². The summed E-state index contributed by atoms with van der Waals surface area (Å²) in [5.41, 5.74) is 1.77. The first kappa shape index (κ1) is 21.0. The molecule has 2 aromatic rings. The summed E-state index contributed by atoms with van der Waals surface area (Å²) in [5, 5.41) is 2.78. The number of carbonyl (C=O) groups is 2. The van der Waals surface area contributed by atoms with E-state index >= 15 is 0 Å². The van der Waals surface area contributed by atoms with Gasteiger partial charge in [-0.3, -0.25) is 4.79 Å². The van der Waals surface area contributed by atoms with Gasteiger partial charge < -0.3 is 29.0 Å². The Bertz CT molecular complexity index is 951. The van der Waals surface area contributed by atoms with Gasteiger partial charge in [0.15, 0.2) is 11.5 Å². The lowest BCUT2D eigenvalue weighted by Gasteiger charge is -2.20. The van der Waals surface area contributed by atoms with E-state index in [4.69, 9.17) is 23.7 Å². The van der Waals surface area contributed by atoms with Crippen LogP contribution in [0, 0.1) is 0 Å². The van der Waals surface area contributed by atoms with Crippen LogP contribution in [0.25, 0.3) is 6.08 Å². The van der Waals surface area contributed by atoms with Crippen molar-refractivity contribution in [1.82, 2.24) is 5.32 Å². The Balaban J connectivity index is 1.66. The lowest BCUT2D eigenvalue weighted by molar-refractivity contribution is -0.116. The predicted molar refractivity (Wildman–Crippen MR) is 109 cm³/mol. The van der Waals surface area contributed by atoms with Crippen LogP contribution in [0.3, 0.4) is 0 Å². The van der Waals surface area contributed by atoms with Gasteiger partial charge in [0.2, 0.25) is 11.7 Å². The van der Waals surface area contributed by atoms with Crippen molar-refractivity contribution < 1.29 is 33.3 Å². The van der Waals surface area contributed by atoms with Crippen molar-refractivity contribution in [1.29, 1.82) is 0 Å². The zero-order valence-corrected chi connectivity index (χ0v) is 17.0. The van der Waals surface area contributed by atoms with Gasteiger partial charge in [0.05, 0.1) is 21.3 Å². The van der Waals surface area contributed by atoms with Crippen LogP contribution in [0.5, 0.6) is 23.0 Å². The van der Waals surface area contributed by atoms with E-state index in [9.17, 15) is 9.59 Å². The summed E-state index contributed by atoms with van der Waals surface area (Å²) >= 11 is 0. The van der Waals surface area contributed by atoms with Gasteiger partial charge in [0.1, 0.15) is 24.5 Å². The number of carbonyl (C=O) groups excluding carboxylic acids is 2. The monoisotopic (exact) mass is 413 g/mol. The molecule has 0 spiro atoms. The highest BCUT2D eigenvalue weighted by Gasteiger charge is 2.18. The number of fused-ring (bicyclic) bond motifs is 1. The number of benzene rings is 2. The molecule has 8 heteroatoms. The molecular weight excluding hydrogens is 390 g/mol. The fourth-order valence-corrected chi connectivity index (χ4v) is 2.94. The smallest absolute Gasteiger partial charge is 0.341 e. The van der Waals surface area contributed by atoms with Gasteiger partial charge in [-0.15, -0.1) is 0 Å². The molecule has 8 nitrogen and oxygen atoms in total. The molecule has 0 aromatic heterocycles. The summed E-state index contributed by atoms with van der Waals surface area (Å²) in [7, 11) is 4.32. The zero-order chi connectivity index (χ0) is 21.5. The molecule has 1 heterocycles. The highest BCUT2D eigenvalue weighted by atomic mass is 16.6. The van der Waals surface area contributed by atoms with E-state index in [0.717, 1.165) is 11.1 Å². The number of amides is 1. The average molecular weight is 413 g/mol. The first-order chi connectivity index (χ1) is 14.5. The molecule has 2 aromatic carbocycles. The van der Waals surface area contributed by atoms with Crippen molar-refractivity contribution in [3.05, 3.63) is 53.1 Å². The fraction of sp³-hybridized carbons (Fsp3) is 0.273. The molecule has 0 saturated carbocycles. The average Bonchev–Trinajstić information content (AvgIpc) is 2.79. The molecule has 0 radical (unpaired) electrons. The largest absolute Gasteiger partial charge is 0.496 e. The van der Waals surface area contributed by atoms with Gasteiger partial charge >= 0.3 is 5.97 Å². The van der Waals surface area contributed by atoms with Crippen LogP contribution in [0.1, 0.15) is 21.5 Å². The summed E-state index contributed by atoms with van der Waals surface area (Å²) in [5.74, 6) is 1.29. The van der Waals surface area contributed by atoms with E-state index in [-0.39, 0.29) is 12.5 Å². The summed E-state index contributed by atoms with van der Waals surface area (Å²) < 4.78 is 26.4. The Morgan fingerprint density at radius 1 is 1.03 bits per heavy atom. The van der Waals surface area contributed by atoms with E-state index in [0.29, 0.717) is 41.8 Å². The topological polar surface area (TPSA) is 92.3 Å². The number of ether oxygens (including phenoxy) is 5. The lowest BCUT2D eigenvalue weighted by atomic mass is 10.1. The van der Waals surface area contributed by atoms with Crippen molar-refractivity contribution in [3.8, 4) is 23.0 Å². The summed E-state index contributed by atoms with van der Waals surface area (Å²) in [6, 6.07) is 8.60. The molecule has 0 unspecified atom stereocenters. The fourth-order valence-electron chi connectivity index (χ4n) is 2.94. The van der Waals surface area contributed by atoms with E-state index < -0.39 is 5.97 Å². The van der Waals surface area contributed by atoms with Crippen LogP contribution in [-0.4, -0.2) is 46.4 Å². The van der Waals surface area contributed by atoms with Crippen molar-refractivity contribution in [2.24, 2.45) is 0 Å². The maximum Gasteiger partial charge on any atom is 0.341 e. The quantitative estimate of drug-likeness (QED) is 0.551. The molecule has 1 aliphatic rings. The molecule has 0 aliphatic carbocycles. The van der Waals surface area contributed by atoms with Gasteiger partial charge in [-0.05, 0) is 41.5 Å². The normalized spacial score (nSPS) is 12.4. The number of hydrogen-bond acceptors (Lipinski definition) is 7. The highest BCUT2D eigenvalue weighted by Crippen LogP contribution is 2.40. The molecule has 0 atom stereocenters. The van der Waals surface area contributed by atoms with E-state index in [2.05, 4.69) is 5.32 Å². The van der Waals surface area contributed by atoms with Gasteiger partial charge in [-0.2, -0.15) is 0 Å². The molecule has 158 valence electrons. The van der Waals surface area contributed by atoms with E-state index in [1.807, 2.05) is 0 Å². The Labute approximate surface area is 174 Å². The third-order valence-corrected chi connectivity index (χ3v) is 4.41. The van der Waals surface area contributed by atoms with Crippen LogP contribution >= 0.6 is 0 Å². The molecule has 0 bridgehead atoms. The standard InChI is InChI=1S/C22H23NO7/c1-26-17-6-4-15(10-16(17)22(25)28-3)13-23-20(24)7-5-14-11-18(27-2)21-19(12-14)29-8-9-30-21/h4-7,10-12H,8-9,13H2,1-3H3,(H,23,24). The van der Waals surface area contributed by atoms with Crippen LogP contribution in [0.2, 0.25) is 0 Å². The maximum atomic E-state index is 12.2. The van der Waals surface area contributed by atoms with Gasteiger partial charge in [0.25, 0.3) is 0 Å². The van der Waals surface area contributed by atoms with Gasteiger partial charge in [-0.1, -0.05) is 6.07 Å². The van der Waals surface area contributed by atoms with Crippen molar-refractivity contribution in [3.63, 3.8) is 0 Å². The summed E-state index contributed by atoms with van der Waals surface area (Å²) in [6.45, 7) is 1.16. The Kier molecular flexibility index (Phi) is 6.79. The number of esters is 1. The first-order valence-electron chi connectivity index (χ1n) is 9.24. The van der Waals surface area contributed by atoms with Gasteiger partial charge in [0, 0.05) is 12.6 Å². The molecule has 3 rings (SSSR count). The Morgan fingerprint density at radius 3 is 2.53 bits per heavy atom. The number of nitrogens with one attached hydrogen (secondary N) is 1. The number of rotatable bonds is 7. The van der Waals surface area contributed by atoms with E-state index in [1.54, 1.807) is 43.5 Å². The molecule has 1 amide bonds. The third kappa shape index (κ3) is 4.83. The van der Waals surface area contributed by atoms with Crippen LogP contribution in [-0.2, 0) is 16.1 Å². The van der Waals surface area contributed by atoms with Crippen molar-refractivity contribution >= 4 is 18.0 Å². The minimum Gasteiger partial charge on any atom is -0.496 e. The molecule has 1 aliphatic heterocycles. The second-order valence-electron chi connectivity index (χ2n) is 6.32. The van der Waals surface area contributed by atoms with E-state index in [1.165, 1.54) is 20.3 Å². The lowest BCUT2D eigenvalue weighted by Crippen LogP contribution is -2.20. The van der Waals surface area contributed by atoms with Crippen molar-refractivity contribution in [2.45, 2.75) is 6.54 Å². The maximum absolute atomic E-state index is 12.2. The minimum absolute atomic E-state index is 0.238. The SMILES string of the molecule is COC(=O)c1cc(CNC(=O)C=Cc2cc(OC)c3c(c2)OCCO3)ccc1OC. The molecular formula is C22H23NO7. The Morgan fingerprint density at radius 2 is 1.80 bits per heavy atom. The molecule has 1 N–H and O–H groups in total. The molecule has 30 heavy (non-hydrogen) atoms. The summed E-state index contributed by atoms with van der Waals surface area (Å²) in [6.07, 6.45) is 3.07. The predicted octanol–water partition coefficient (Wildman–Crippen LogP) is 2.59. The summed E-state index contributed by atoms with van der Waals surface area (Å²) in [4.78, 5) is 24.1. The first-order valence-corrected chi connectivity index (χ1v) is 9.24. The highest BCUT2D eigenvalue weighted by molar-refractivity contribution is 5.93. The van der Waals surface area contributed by atoms with Crippen LogP contribution in [0.4, 0.5) is 0 Å². The molecule has 0 saturated heterocycles. The van der Waals surface area contributed by atoms with Gasteiger partial charge in [-0.25, -0.2) is 4.79 Å². The Hall–Kier alpha value is -3.68. The third-order valence-electron chi connectivity index (χ3n) is 4.41. The zero-order valence-electron chi connectivity index (χ0n) is 17.0. The second-order valence-corrected chi connectivity index (χ2v) is 6.32. The van der Waals surface area contributed by atoms with Crippen LogP contribution in [0.15, 0.2) is 36.4 Å². The number of methoxy groups -OCH3 is 3. The van der Waals surface area contributed by atoms with Crippen molar-refractivity contribution in [2.75, 3.05) is 34.5 Å². The minimum atomic E-state index is -0.507. The second kappa shape index (κ2) is 9.69. The number of hydrogen-bond donors (Lipinski definition) is 1.